The highest BCUT2D eigenvalue weighted by molar-refractivity contribution is 6.15. The number of hydrogen-bond donors (Lipinski definition) is 0. The lowest BCUT2D eigenvalue weighted by molar-refractivity contribution is 0.491. The lowest BCUT2D eigenvalue weighted by atomic mass is 9.82. The van der Waals surface area contributed by atoms with Crippen LogP contribution in [0.15, 0.2) is 115 Å². The van der Waals surface area contributed by atoms with Crippen LogP contribution >= 0.6 is 0 Å². The summed E-state index contributed by atoms with van der Waals surface area (Å²) in [4.78, 5) is 4.84. The van der Waals surface area contributed by atoms with Crippen molar-refractivity contribution >= 4 is 21.7 Å². The Balaban J connectivity index is 1.44. The Bertz CT molecular complexity index is 1730. The molecule has 1 heterocycles. The van der Waals surface area contributed by atoms with Crippen LogP contribution in [0.25, 0.3) is 43.9 Å². The van der Waals surface area contributed by atoms with E-state index in [0.29, 0.717) is 0 Å². The van der Waals surface area contributed by atoms with Crippen molar-refractivity contribution in [1.82, 2.24) is 4.98 Å². The van der Waals surface area contributed by atoms with Crippen molar-refractivity contribution in [2.75, 3.05) is 0 Å². The molecule has 0 aliphatic heterocycles. The van der Waals surface area contributed by atoms with E-state index in [4.69, 9.17) is 9.72 Å². The zero-order valence-corrected chi connectivity index (χ0v) is 20.3. The number of fused-ring (bicyclic) bond motifs is 5. The molecule has 0 saturated carbocycles. The Hall–Kier alpha value is -4.43. The largest absolute Gasteiger partial charge is 0.456 e. The van der Waals surface area contributed by atoms with Crippen molar-refractivity contribution in [1.29, 1.82) is 0 Å². The summed E-state index contributed by atoms with van der Waals surface area (Å²) in [7, 11) is 0. The summed E-state index contributed by atoms with van der Waals surface area (Å²) < 4.78 is 6.77. The van der Waals surface area contributed by atoms with Crippen molar-refractivity contribution < 1.29 is 4.74 Å². The van der Waals surface area contributed by atoms with E-state index in [1.807, 2.05) is 18.3 Å². The summed E-state index contributed by atoms with van der Waals surface area (Å²) in [5.41, 5.74) is 8.44. The second-order valence-electron chi connectivity index (χ2n) is 10.00. The highest BCUT2D eigenvalue weighted by Gasteiger charge is 2.35. The molecule has 0 spiro atoms. The SMILES string of the molecule is CC1(C)c2ccccc2-c2ccc(Oc3c4ccccc4c(-c4ccccc4)c4ncccc34)cc21. The van der Waals surface area contributed by atoms with Crippen molar-refractivity contribution in [2.45, 2.75) is 19.3 Å². The van der Waals surface area contributed by atoms with Crippen LogP contribution in [0.2, 0.25) is 0 Å². The van der Waals surface area contributed by atoms with Gasteiger partial charge in [0.15, 0.2) is 0 Å². The topological polar surface area (TPSA) is 22.1 Å². The van der Waals surface area contributed by atoms with E-state index in [1.54, 1.807) is 0 Å². The predicted molar refractivity (Wildman–Crippen MR) is 149 cm³/mol. The Kier molecular flexibility index (Phi) is 4.52. The molecule has 6 aromatic rings. The van der Waals surface area contributed by atoms with Crippen LogP contribution in [0.1, 0.15) is 25.0 Å². The molecule has 0 amide bonds. The molecule has 172 valence electrons. The zero-order valence-electron chi connectivity index (χ0n) is 20.3. The third kappa shape index (κ3) is 3.01. The average molecular weight is 464 g/mol. The second kappa shape index (κ2) is 7.79. The first kappa shape index (κ1) is 20.9. The Labute approximate surface area is 210 Å². The first-order valence-corrected chi connectivity index (χ1v) is 12.4. The van der Waals surface area contributed by atoms with Gasteiger partial charge in [-0.05, 0) is 57.5 Å². The summed E-state index contributed by atoms with van der Waals surface area (Å²) in [6.45, 7) is 4.59. The van der Waals surface area contributed by atoms with Crippen molar-refractivity contribution in [3.63, 3.8) is 0 Å². The van der Waals surface area contributed by atoms with Gasteiger partial charge in [-0.15, -0.1) is 0 Å². The highest BCUT2D eigenvalue weighted by Crippen LogP contribution is 2.50. The van der Waals surface area contributed by atoms with Crippen LogP contribution in [-0.4, -0.2) is 4.98 Å². The van der Waals surface area contributed by atoms with Crippen molar-refractivity contribution in [3.05, 3.63) is 127 Å². The highest BCUT2D eigenvalue weighted by atomic mass is 16.5. The maximum atomic E-state index is 6.77. The van der Waals surface area contributed by atoms with E-state index in [1.165, 1.54) is 22.3 Å². The molecule has 7 rings (SSSR count). The van der Waals surface area contributed by atoms with Gasteiger partial charge in [0.1, 0.15) is 11.5 Å². The van der Waals surface area contributed by atoms with Gasteiger partial charge >= 0.3 is 0 Å². The molecule has 0 fully saturated rings. The number of aromatic nitrogens is 1. The molecule has 0 unspecified atom stereocenters. The summed E-state index contributed by atoms with van der Waals surface area (Å²) >= 11 is 0. The predicted octanol–water partition coefficient (Wildman–Crippen LogP) is 9.15. The third-order valence-electron chi connectivity index (χ3n) is 7.57. The molecular formula is C34H25NO. The van der Waals surface area contributed by atoms with Gasteiger partial charge in [-0.2, -0.15) is 0 Å². The standard InChI is InChI=1S/C34H25NO/c1-34(2)29-17-9-8-13-24(29)25-19-18-23(21-30(25)34)36-33-27-15-7-6-14-26(27)31(22-11-4-3-5-12-22)32-28(33)16-10-20-35-32/h3-21H,1-2H3. The molecule has 0 radical (unpaired) electrons. The van der Waals surface area contributed by atoms with Gasteiger partial charge < -0.3 is 4.74 Å². The Morgan fingerprint density at radius 1 is 0.611 bits per heavy atom. The number of rotatable bonds is 3. The molecule has 0 atom stereocenters. The Morgan fingerprint density at radius 2 is 1.31 bits per heavy atom. The molecule has 0 saturated heterocycles. The lowest BCUT2D eigenvalue weighted by Gasteiger charge is -2.22. The normalized spacial score (nSPS) is 13.5. The number of benzene rings is 5. The van der Waals surface area contributed by atoms with Crippen molar-refractivity contribution in [2.24, 2.45) is 0 Å². The number of hydrogen-bond acceptors (Lipinski definition) is 2. The smallest absolute Gasteiger partial charge is 0.144 e. The summed E-state index contributed by atoms with van der Waals surface area (Å²) in [5, 5.41) is 3.23. The van der Waals surface area contributed by atoms with Crippen molar-refractivity contribution in [3.8, 4) is 33.8 Å². The van der Waals surface area contributed by atoms with Crippen LogP contribution in [0.5, 0.6) is 11.5 Å². The number of nitrogens with zero attached hydrogens (tertiary/aromatic N) is 1. The minimum absolute atomic E-state index is 0.0752. The summed E-state index contributed by atoms with van der Waals surface area (Å²) in [6, 6.07) is 38.3. The number of ether oxygens (including phenoxy) is 1. The van der Waals surface area contributed by atoms with Gasteiger partial charge in [-0.1, -0.05) is 98.8 Å². The number of pyridine rings is 1. The quantitative estimate of drug-likeness (QED) is 0.244. The van der Waals surface area contributed by atoms with Crippen LogP contribution in [-0.2, 0) is 5.41 Å². The molecule has 1 aliphatic carbocycles. The molecule has 0 N–H and O–H groups in total. The summed E-state index contributed by atoms with van der Waals surface area (Å²) in [6.07, 6.45) is 1.86. The monoisotopic (exact) mass is 463 g/mol. The van der Waals surface area contributed by atoms with Crippen LogP contribution < -0.4 is 4.74 Å². The van der Waals surface area contributed by atoms with Crippen LogP contribution in [0.3, 0.4) is 0 Å². The first-order chi connectivity index (χ1) is 17.6. The third-order valence-corrected chi connectivity index (χ3v) is 7.57. The van der Waals surface area contributed by atoms with E-state index < -0.39 is 0 Å². The molecule has 2 heteroatoms. The second-order valence-corrected chi connectivity index (χ2v) is 10.00. The molecule has 0 bridgehead atoms. The maximum absolute atomic E-state index is 6.77. The van der Waals surface area contributed by atoms with Gasteiger partial charge in [0, 0.05) is 27.9 Å². The molecule has 1 aromatic heterocycles. The molecule has 1 aliphatic rings. The fourth-order valence-corrected chi connectivity index (χ4v) is 5.83. The molecule has 5 aromatic carbocycles. The van der Waals surface area contributed by atoms with Gasteiger partial charge in [-0.25, -0.2) is 0 Å². The van der Waals surface area contributed by atoms with Gasteiger partial charge in [0.05, 0.1) is 5.52 Å². The lowest BCUT2D eigenvalue weighted by Crippen LogP contribution is -2.14. The van der Waals surface area contributed by atoms with E-state index >= 15 is 0 Å². The van der Waals surface area contributed by atoms with E-state index in [-0.39, 0.29) is 5.41 Å². The fourth-order valence-electron chi connectivity index (χ4n) is 5.83. The van der Waals surface area contributed by atoms with Crippen LogP contribution in [0, 0.1) is 0 Å². The minimum Gasteiger partial charge on any atom is -0.456 e. The minimum atomic E-state index is -0.0752. The first-order valence-electron chi connectivity index (χ1n) is 12.4. The van der Waals surface area contributed by atoms with E-state index in [9.17, 15) is 0 Å². The molecule has 36 heavy (non-hydrogen) atoms. The average Bonchev–Trinajstić information content (AvgIpc) is 3.15. The Morgan fingerprint density at radius 3 is 2.17 bits per heavy atom. The van der Waals surface area contributed by atoms with Gasteiger partial charge in [0.25, 0.3) is 0 Å². The van der Waals surface area contributed by atoms with Crippen LogP contribution in [0.4, 0.5) is 0 Å². The molecule has 2 nitrogen and oxygen atoms in total. The van der Waals surface area contributed by atoms with E-state index in [2.05, 4.69) is 111 Å². The van der Waals surface area contributed by atoms with Gasteiger partial charge in [-0.3, -0.25) is 4.98 Å². The fraction of sp³-hybridized carbons (Fsp3) is 0.0882. The molecular weight excluding hydrogens is 438 g/mol. The maximum Gasteiger partial charge on any atom is 0.144 e. The summed E-state index contributed by atoms with van der Waals surface area (Å²) in [5.74, 6) is 1.69. The van der Waals surface area contributed by atoms with Gasteiger partial charge in [0.2, 0.25) is 0 Å². The van der Waals surface area contributed by atoms with E-state index in [0.717, 1.165) is 44.3 Å². The zero-order chi connectivity index (χ0) is 24.3.